The molecular formula is C21H22ClN5O3. The second-order valence-electron chi connectivity index (χ2n) is 6.74. The summed E-state index contributed by atoms with van der Waals surface area (Å²) in [5.41, 5.74) is 5.94. The number of benzene rings is 1. The maximum atomic E-state index is 13.2. The molecule has 0 radical (unpaired) electrons. The molecule has 0 aliphatic rings. The number of aromatic amines is 1. The van der Waals surface area contributed by atoms with Crippen molar-refractivity contribution in [3.8, 4) is 0 Å². The quantitative estimate of drug-likeness (QED) is 0.562. The summed E-state index contributed by atoms with van der Waals surface area (Å²) in [6.07, 6.45) is 2.78. The van der Waals surface area contributed by atoms with Gasteiger partial charge >= 0.3 is 5.69 Å². The second kappa shape index (κ2) is 9.41. The molecule has 0 saturated heterocycles. The van der Waals surface area contributed by atoms with Gasteiger partial charge in [-0.3, -0.25) is 19.1 Å². The van der Waals surface area contributed by atoms with Crippen LogP contribution in [0.3, 0.4) is 0 Å². The number of nitrogens with two attached hydrogens (primary N) is 1. The van der Waals surface area contributed by atoms with Crippen LogP contribution in [-0.2, 0) is 6.54 Å². The van der Waals surface area contributed by atoms with E-state index in [4.69, 9.17) is 17.3 Å². The molecule has 0 aliphatic carbocycles. The van der Waals surface area contributed by atoms with Crippen molar-refractivity contribution >= 4 is 29.0 Å². The van der Waals surface area contributed by atoms with Crippen LogP contribution in [0.1, 0.15) is 35.7 Å². The van der Waals surface area contributed by atoms with Crippen molar-refractivity contribution in [2.24, 2.45) is 0 Å². The van der Waals surface area contributed by atoms with Gasteiger partial charge in [-0.1, -0.05) is 55.3 Å². The summed E-state index contributed by atoms with van der Waals surface area (Å²) in [6, 6.07) is 12.3. The highest BCUT2D eigenvalue weighted by Gasteiger charge is 2.25. The molecule has 3 aromatic rings. The number of H-pyrrole nitrogens is 1. The number of hydrogen-bond donors (Lipinski definition) is 2. The van der Waals surface area contributed by atoms with Crippen LogP contribution in [0.25, 0.3) is 0 Å². The minimum Gasteiger partial charge on any atom is -0.383 e. The van der Waals surface area contributed by atoms with Crippen LogP contribution in [-0.4, -0.2) is 27.0 Å². The fourth-order valence-electron chi connectivity index (χ4n) is 3.05. The number of rotatable bonds is 7. The third-order valence-corrected chi connectivity index (χ3v) is 4.85. The van der Waals surface area contributed by atoms with E-state index in [0.717, 1.165) is 12.0 Å². The maximum Gasteiger partial charge on any atom is 0.330 e. The number of unbranched alkanes of at least 4 members (excludes halogenated alkanes) is 1. The van der Waals surface area contributed by atoms with E-state index in [2.05, 4.69) is 9.97 Å². The van der Waals surface area contributed by atoms with Crippen LogP contribution in [0.2, 0.25) is 5.15 Å². The molecule has 0 fully saturated rings. The lowest BCUT2D eigenvalue weighted by Crippen LogP contribution is -2.41. The number of halogens is 1. The Kier molecular flexibility index (Phi) is 6.68. The molecule has 2 aromatic heterocycles. The van der Waals surface area contributed by atoms with Gasteiger partial charge in [0.15, 0.2) is 5.69 Å². The lowest BCUT2D eigenvalue weighted by molar-refractivity contribution is 0.0986. The summed E-state index contributed by atoms with van der Waals surface area (Å²) in [4.78, 5) is 45.8. The molecule has 0 bridgehead atoms. The van der Waals surface area contributed by atoms with E-state index in [-0.39, 0.29) is 35.3 Å². The maximum absolute atomic E-state index is 13.2. The summed E-state index contributed by atoms with van der Waals surface area (Å²) in [7, 11) is 0. The number of hydrogen-bond acceptors (Lipinski definition) is 5. The van der Waals surface area contributed by atoms with Crippen molar-refractivity contribution < 1.29 is 4.79 Å². The molecule has 3 rings (SSSR count). The van der Waals surface area contributed by atoms with Crippen LogP contribution in [0.15, 0.2) is 58.3 Å². The Morgan fingerprint density at radius 2 is 1.93 bits per heavy atom. The molecule has 0 unspecified atom stereocenters. The van der Waals surface area contributed by atoms with Gasteiger partial charge in [0, 0.05) is 12.7 Å². The van der Waals surface area contributed by atoms with Gasteiger partial charge in [-0.2, -0.15) is 0 Å². The van der Waals surface area contributed by atoms with Crippen molar-refractivity contribution in [2.75, 3.05) is 17.2 Å². The lowest BCUT2D eigenvalue weighted by Gasteiger charge is -2.24. The number of amides is 1. The van der Waals surface area contributed by atoms with E-state index >= 15 is 0 Å². The number of nitrogen functional groups attached to an aromatic ring is 1. The van der Waals surface area contributed by atoms with Crippen molar-refractivity contribution in [1.29, 1.82) is 0 Å². The highest BCUT2D eigenvalue weighted by atomic mass is 35.5. The molecule has 30 heavy (non-hydrogen) atoms. The first-order valence-electron chi connectivity index (χ1n) is 9.52. The Bertz CT molecular complexity index is 1140. The average Bonchev–Trinajstić information content (AvgIpc) is 2.74. The first kappa shape index (κ1) is 21.3. The van der Waals surface area contributed by atoms with Crippen LogP contribution in [0.5, 0.6) is 0 Å². The van der Waals surface area contributed by atoms with Crippen molar-refractivity contribution in [3.05, 3.63) is 85.8 Å². The van der Waals surface area contributed by atoms with Gasteiger partial charge in [0.25, 0.3) is 11.5 Å². The van der Waals surface area contributed by atoms with Gasteiger partial charge in [-0.25, -0.2) is 9.78 Å². The topological polar surface area (TPSA) is 114 Å². The minimum absolute atomic E-state index is 0.0565. The predicted octanol–water partition coefficient (Wildman–Crippen LogP) is 2.66. The summed E-state index contributed by atoms with van der Waals surface area (Å²) in [6.45, 7) is 2.39. The number of nitrogens with one attached hydrogen (secondary N) is 1. The smallest absolute Gasteiger partial charge is 0.330 e. The van der Waals surface area contributed by atoms with Crippen molar-refractivity contribution in [1.82, 2.24) is 14.5 Å². The van der Waals surface area contributed by atoms with E-state index < -0.39 is 17.2 Å². The molecule has 1 amide bonds. The molecular weight excluding hydrogens is 406 g/mol. The van der Waals surface area contributed by atoms with Crippen LogP contribution < -0.4 is 21.9 Å². The SMILES string of the molecule is CCCCN(C(=O)c1ccc(Cl)nc1)c1c(N)n(Cc2ccccc2)c(=O)[nH]c1=O. The monoisotopic (exact) mass is 427 g/mol. The zero-order chi connectivity index (χ0) is 21.7. The third-order valence-electron chi connectivity index (χ3n) is 4.62. The van der Waals surface area contributed by atoms with Gasteiger partial charge in [0.2, 0.25) is 0 Å². The second-order valence-corrected chi connectivity index (χ2v) is 7.13. The van der Waals surface area contributed by atoms with E-state index in [1.807, 2.05) is 37.3 Å². The molecule has 0 aliphatic heterocycles. The molecule has 8 nitrogen and oxygen atoms in total. The summed E-state index contributed by atoms with van der Waals surface area (Å²) < 4.78 is 1.25. The number of carbonyl (C=O) groups is 1. The summed E-state index contributed by atoms with van der Waals surface area (Å²) in [5.74, 6) is -0.520. The largest absolute Gasteiger partial charge is 0.383 e. The number of aromatic nitrogens is 3. The zero-order valence-corrected chi connectivity index (χ0v) is 17.2. The molecule has 9 heteroatoms. The first-order chi connectivity index (χ1) is 14.4. The Morgan fingerprint density at radius 1 is 1.20 bits per heavy atom. The normalized spacial score (nSPS) is 10.7. The summed E-state index contributed by atoms with van der Waals surface area (Å²) >= 11 is 5.81. The lowest BCUT2D eigenvalue weighted by atomic mass is 10.2. The van der Waals surface area contributed by atoms with Crippen LogP contribution in [0, 0.1) is 0 Å². The molecule has 2 heterocycles. The molecule has 156 valence electrons. The van der Waals surface area contributed by atoms with E-state index in [1.54, 1.807) is 0 Å². The van der Waals surface area contributed by atoms with Crippen LogP contribution in [0.4, 0.5) is 11.5 Å². The number of carbonyl (C=O) groups excluding carboxylic acids is 1. The van der Waals surface area contributed by atoms with E-state index in [9.17, 15) is 14.4 Å². The molecule has 0 spiro atoms. The van der Waals surface area contributed by atoms with Gasteiger partial charge in [0.1, 0.15) is 11.0 Å². The van der Waals surface area contributed by atoms with Crippen LogP contribution >= 0.6 is 11.6 Å². The van der Waals surface area contributed by atoms with Gasteiger partial charge in [-0.05, 0) is 24.1 Å². The minimum atomic E-state index is -0.715. The van der Waals surface area contributed by atoms with E-state index in [1.165, 1.54) is 27.8 Å². The Hall–Kier alpha value is -3.39. The standard InChI is InChI=1S/C21H22ClN5O3/c1-2-3-11-26(20(29)15-9-10-16(22)24-12-15)17-18(23)27(21(30)25-19(17)28)13-14-7-5-4-6-8-14/h4-10,12H,2-3,11,13,23H2,1H3,(H,25,28,30). The highest BCUT2D eigenvalue weighted by molar-refractivity contribution is 6.29. The average molecular weight is 428 g/mol. The molecule has 3 N–H and O–H groups in total. The Balaban J connectivity index is 2.09. The fraction of sp³-hybridized carbons (Fsp3) is 0.238. The Morgan fingerprint density at radius 3 is 2.57 bits per heavy atom. The summed E-state index contributed by atoms with van der Waals surface area (Å²) in [5, 5.41) is 0.250. The van der Waals surface area contributed by atoms with Gasteiger partial charge in [0.05, 0.1) is 12.1 Å². The first-order valence-corrected chi connectivity index (χ1v) is 9.90. The fourth-order valence-corrected chi connectivity index (χ4v) is 3.16. The number of nitrogens with zero attached hydrogens (tertiary/aromatic N) is 3. The van der Waals surface area contributed by atoms with Gasteiger partial charge in [-0.15, -0.1) is 0 Å². The number of anilines is 2. The predicted molar refractivity (Wildman–Crippen MR) is 117 cm³/mol. The van der Waals surface area contributed by atoms with E-state index in [0.29, 0.717) is 6.42 Å². The third kappa shape index (κ3) is 4.60. The number of pyridine rings is 1. The molecule has 0 saturated carbocycles. The zero-order valence-electron chi connectivity index (χ0n) is 16.5. The molecule has 1 aromatic carbocycles. The highest BCUT2D eigenvalue weighted by Crippen LogP contribution is 2.21. The van der Waals surface area contributed by atoms with Crippen molar-refractivity contribution in [3.63, 3.8) is 0 Å². The van der Waals surface area contributed by atoms with Gasteiger partial charge < -0.3 is 10.6 Å². The Labute approximate surface area is 177 Å². The van der Waals surface area contributed by atoms with Crippen molar-refractivity contribution in [2.45, 2.75) is 26.3 Å². The molecule has 0 atom stereocenters.